The van der Waals surface area contributed by atoms with Crippen molar-refractivity contribution < 1.29 is 14.3 Å². The molecular weight excluding hydrogens is 246 g/mol. The van der Waals surface area contributed by atoms with Crippen molar-refractivity contribution >= 4 is 16.9 Å². The lowest BCUT2D eigenvalue weighted by Crippen LogP contribution is -2.52. The van der Waals surface area contributed by atoms with Crippen LogP contribution < -0.4 is 5.63 Å². The molecule has 19 heavy (non-hydrogen) atoms. The van der Waals surface area contributed by atoms with Crippen molar-refractivity contribution in [2.45, 2.75) is 0 Å². The number of aliphatic hydroxyl groups excluding tert-OH is 1. The summed E-state index contributed by atoms with van der Waals surface area (Å²) in [7, 11) is 0. The lowest BCUT2D eigenvalue weighted by Gasteiger charge is -2.37. The molecule has 1 amide bonds. The minimum Gasteiger partial charge on any atom is -0.422 e. The van der Waals surface area contributed by atoms with Crippen molar-refractivity contribution in [1.29, 1.82) is 0 Å². The molecule has 0 unspecified atom stereocenters. The van der Waals surface area contributed by atoms with Gasteiger partial charge in [0.2, 0.25) is 0 Å². The summed E-state index contributed by atoms with van der Waals surface area (Å²) in [6.45, 7) is 1.04. The van der Waals surface area contributed by atoms with Gasteiger partial charge in [0.15, 0.2) is 0 Å². The zero-order valence-corrected chi connectivity index (χ0v) is 10.2. The highest BCUT2D eigenvalue weighted by Gasteiger charge is 2.32. The fourth-order valence-electron chi connectivity index (χ4n) is 2.23. The van der Waals surface area contributed by atoms with E-state index in [-0.39, 0.29) is 24.0 Å². The molecule has 0 aliphatic carbocycles. The Morgan fingerprint density at radius 3 is 2.84 bits per heavy atom. The molecular formula is C14H13NO4. The van der Waals surface area contributed by atoms with Gasteiger partial charge in [0.25, 0.3) is 5.91 Å². The average molecular weight is 259 g/mol. The highest BCUT2D eigenvalue weighted by atomic mass is 16.4. The Kier molecular flexibility index (Phi) is 2.83. The molecule has 1 aliphatic heterocycles. The van der Waals surface area contributed by atoms with Crippen LogP contribution in [0.3, 0.4) is 0 Å². The molecule has 0 spiro atoms. The average Bonchev–Trinajstić information content (AvgIpc) is 2.36. The molecule has 0 bridgehead atoms. The SMILES string of the molecule is O=C(c1cc2ccccc2oc1=O)N1CC(CO)C1. The van der Waals surface area contributed by atoms with Crippen molar-refractivity contribution in [1.82, 2.24) is 4.90 Å². The van der Waals surface area contributed by atoms with Crippen LogP contribution in [0, 0.1) is 5.92 Å². The van der Waals surface area contributed by atoms with Gasteiger partial charge in [-0.25, -0.2) is 4.79 Å². The quantitative estimate of drug-likeness (QED) is 0.812. The molecule has 1 aliphatic rings. The summed E-state index contributed by atoms with van der Waals surface area (Å²) in [4.78, 5) is 25.5. The van der Waals surface area contributed by atoms with Gasteiger partial charge in [0, 0.05) is 31.0 Å². The monoisotopic (exact) mass is 259 g/mol. The largest absolute Gasteiger partial charge is 0.422 e. The first-order valence-electron chi connectivity index (χ1n) is 6.12. The number of aliphatic hydroxyl groups is 1. The lowest BCUT2D eigenvalue weighted by atomic mass is 10.00. The summed E-state index contributed by atoms with van der Waals surface area (Å²) >= 11 is 0. The smallest absolute Gasteiger partial charge is 0.349 e. The molecule has 2 aromatic rings. The van der Waals surface area contributed by atoms with Crippen LogP contribution in [0.15, 0.2) is 39.5 Å². The van der Waals surface area contributed by atoms with Gasteiger partial charge in [-0.15, -0.1) is 0 Å². The molecule has 5 nitrogen and oxygen atoms in total. The van der Waals surface area contributed by atoms with Crippen molar-refractivity contribution in [2.24, 2.45) is 5.92 Å². The first kappa shape index (κ1) is 11.9. The van der Waals surface area contributed by atoms with Gasteiger partial charge >= 0.3 is 5.63 Å². The summed E-state index contributed by atoms with van der Waals surface area (Å²) in [5.41, 5.74) is -0.0906. The van der Waals surface area contributed by atoms with Gasteiger partial charge in [-0.2, -0.15) is 0 Å². The Labute approximate surface area is 109 Å². The van der Waals surface area contributed by atoms with Crippen LogP contribution in [0.25, 0.3) is 11.0 Å². The first-order valence-corrected chi connectivity index (χ1v) is 6.12. The van der Waals surface area contributed by atoms with E-state index in [1.54, 1.807) is 29.2 Å². The number of hydrogen-bond donors (Lipinski definition) is 1. The Bertz CT molecular complexity index is 685. The molecule has 5 heteroatoms. The molecule has 0 saturated carbocycles. The lowest BCUT2D eigenvalue weighted by molar-refractivity contribution is 0.0358. The number of hydrogen-bond acceptors (Lipinski definition) is 4. The van der Waals surface area contributed by atoms with Crippen LogP contribution in [0.2, 0.25) is 0 Å². The Hall–Kier alpha value is -2.14. The predicted molar refractivity (Wildman–Crippen MR) is 69.0 cm³/mol. The standard InChI is InChI=1S/C14H13NO4/c16-8-9-6-15(7-9)13(17)11-5-10-3-1-2-4-12(10)19-14(11)18/h1-5,9,16H,6-8H2. The second kappa shape index (κ2) is 4.51. The minimum absolute atomic E-state index is 0.0510. The first-order chi connectivity index (χ1) is 9.19. The second-order valence-corrected chi connectivity index (χ2v) is 4.74. The van der Waals surface area contributed by atoms with Crippen LogP contribution in [0.4, 0.5) is 0 Å². The van der Waals surface area contributed by atoms with E-state index < -0.39 is 5.63 Å². The van der Waals surface area contributed by atoms with E-state index in [1.807, 2.05) is 6.07 Å². The van der Waals surface area contributed by atoms with Gasteiger partial charge in [-0.1, -0.05) is 18.2 Å². The van der Waals surface area contributed by atoms with Crippen molar-refractivity contribution in [3.63, 3.8) is 0 Å². The van der Waals surface area contributed by atoms with E-state index in [0.29, 0.717) is 18.7 Å². The summed E-state index contributed by atoms with van der Waals surface area (Å²) in [6.07, 6.45) is 0. The number of benzene rings is 1. The predicted octanol–water partition coefficient (Wildman–Crippen LogP) is 0.857. The summed E-state index contributed by atoms with van der Waals surface area (Å²) in [5, 5.41) is 9.66. The van der Waals surface area contributed by atoms with Crippen LogP contribution in [0.1, 0.15) is 10.4 Å². The maximum atomic E-state index is 12.1. The molecule has 1 N–H and O–H groups in total. The maximum Gasteiger partial charge on any atom is 0.349 e. The molecule has 1 aromatic carbocycles. The summed E-state index contributed by atoms with van der Waals surface area (Å²) in [5.74, 6) is -0.208. The van der Waals surface area contributed by atoms with Crippen molar-refractivity contribution in [3.05, 3.63) is 46.3 Å². The summed E-state index contributed by atoms with van der Waals surface area (Å²) in [6, 6.07) is 8.64. The third-order valence-electron chi connectivity index (χ3n) is 3.37. The Morgan fingerprint density at radius 1 is 1.37 bits per heavy atom. The zero-order valence-electron chi connectivity index (χ0n) is 10.2. The molecule has 0 atom stereocenters. The topological polar surface area (TPSA) is 70.8 Å². The Balaban J connectivity index is 1.94. The van der Waals surface area contributed by atoms with Gasteiger partial charge in [0.1, 0.15) is 11.1 Å². The number of carbonyl (C=O) groups excluding carboxylic acids is 1. The fraction of sp³-hybridized carbons (Fsp3) is 0.286. The third kappa shape index (κ3) is 2.02. The number of carbonyl (C=O) groups is 1. The van der Waals surface area contributed by atoms with E-state index >= 15 is 0 Å². The molecule has 3 rings (SSSR count). The highest BCUT2D eigenvalue weighted by Crippen LogP contribution is 2.19. The molecule has 2 heterocycles. The van der Waals surface area contributed by atoms with Gasteiger partial charge < -0.3 is 14.4 Å². The van der Waals surface area contributed by atoms with Gasteiger partial charge in [-0.05, 0) is 12.1 Å². The third-order valence-corrected chi connectivity index (χ3v) is 3.37. The number of nitrogens with zero attached hydrogens (tertiary/aromatic N) is 1. The maximum absolute atomic E-state index is 12.1. The van der Waals surface area contributed by atoms with E-state index in [2.05, 4.69) is 0 Å². The van der Waals surface area contributed by atoms with E-state index in [0.717, 1.165) is 5.39 Å². The van der Waals surface area contributed by atoms with E-state index in [9.17, 15) is 9.59 Å². The van der Waals surface area contributed by atoms with Crippen LogP contribution in [-0.2, 0) is 0 Å². The van der Waals surface area contributed by atoms with Crippen LogP contribution >= 0.6 is 0 Å². The van der Waals surface area contributed by atoms with Crippen molar-refractivity contribution in [2.75, 3.05) is 19.7 Å². The molecule has 1 saturated heterocycles. The summed E-state index contributed by atoms with van der Waals surface area (Å²) < 4.78 is 5.13. The number of para-hydroxylation sites is 1. The Morgan fingerprint density at radius 2 is 2.11 bits per heavy atom. The van der Waals surface area contributed by atoms with E-state index in [1.165, 1.54) is 0 Å². The number of fused-ring (bicyclic) bond motifs is 1. The van der Waals surface area contributed by atoms with Crippen molar-refractivity contribution in [3.8, 4) is 0 Å². The molecule has 1 aromatic heterocycles. The van der Waals surface area contributed by atoms with Gasteiger partial charge in [-0.3, -0.25) is 4.79 Å². The molecule has 98 valence electrons. The molecule has 1 fully saturated rings. The highest BCUT2D eigenvalue weighted by molar-refractivity contribution is 5.97. The van der Waals surface area contributed by atoms with Crippen LogP contribution in [0.5, 0.6) is 0 Å². The number of likely N-dealkylation sites (tertiary alicyclic amines) is 1. The fourth-order valence-corrected chi connectivity index (χ4v) is 2.23. The zero-order chi connectivity index (χ0) is 13.4. The second-order valence-electron chi connectivity index (χ2n) is 4.74. The molecule has 0 radical (unpaired) electrons. The number of amides is 1. The van der Waals surface area contributed by atoms with E-state index in [4.69, 9.17) is 9.52 Å². The normalized spacial score (nSPS) is 15.5. The number of rotatable bonds is 2. The minimum atomic E-state index is -0.615. The van der Waals surface area contributed by atoms with Gasteiger partial charge in [0.05, 0.1) is 0 Å². The van der Waals surface area contributed by atoms with Crippen LogP contribution in [-0.4, -0.2) is 35.6 Å².